The highest BCUT2D eigenvalue weighted by Gasteiger charge is 2.51. The zero-order chi connectivity index (χ0) is 17.5. The Bertz CT molecular complexity index is 429. The summed E-state index contributed by atoms with van der Waals surface area (Å²) in [5, 5.41) is 0. The fraction of sp³-hybridized carbons (Fsp3) is 0.895. The zero-order valence-corrected chi connectivity index (χ0v) is 15.9. The van der Waals surface area contributed by atoms with Crippen molar-refractivity contribution in [2.24, 2.45) is 34.0 Å². The van der Waals surface area contributed by atoms with E-state index in [4.69, 9.17) is 4.74 Å². The highest BCUT2D eigenvalue weighted by molar-refractivity contribution is 5.96. The van der Waals surface area contributed by atoms with Crippen LogP contribution in [0.5, 0.6) is 0 Å². The van der Waals surface area contributed by atoms with Crippen molar-refractivity contribution >= 4 is 11.9 Å². The van der Waals surface area contributed by atoms with Crippen LogP contribution < -0.4 is 0 Å². The van der Waals surface area contributed by atoms with Gasteiger partial charge in [0.2, 0.25) is 0 Å². The molecule has 1 aliphatic heterocycles. The first kappa shape index (κ1) is 19.2. The van der Waals surface area contributed by atoms with Crippen molar-refractivity contribution in [3.63, 3.8) is 0 Å². The second-order valence-corrected chi connectivity index (χ2v) is 10.3. The molecule has 0 aromatic rings. The number of cyclic esters (lactones) is 2. The van der Waals surface area contributed by atoms with Crippen LogP contribution in [0.2, 0.25) is 0 Å². The fourth-order valence-corrected chi connectivity index (χ4v) is 3.52. The Morgan fingerprint density at radius 3 is 1.77 bits per heavy atom. The quantitative estimate of drug-likeness (QED) is 0.553. The maximum Gasteiger partial charge on any atom is 0.318 e. The summed E-state index contributed by atoms with van der Waals surface area (Å²) >= 11 is 0. The lowest BCUT2D eigenvalue weighted by molar-refractivity contribution is -0.154. The predicted molar refractivity (Wildman–Crippen MR) is 89.2 cm³/mol. The van der Waals surface area contributed by atoms with Crippen molar-refractivity contribution in [1.82, 2.24) is 0 Å². The summed E-state index contributed by atoms with van der Waals surface area (Å²) in [5.74, 6) is -0.927. The number of esters is 2. The standard InChI is InChI=1S/C19H34O3/c1-17(2,3)11-12(18(4,5)6)10-13-14(19(7,8)9)16(21)22-15(13)20/h12-14H,10-11H2,1-9H3. The van der Waals surface area contributed by atoms with Crippen molar-refractivity contribution in [2.45, 2.75) is 75.2 Å². The molecule has 0 radical (unpaired) electrons. The van der Waals surface area contributed by atoms with E-state index >= 15 is 0 Å². The average molecular weight is 310 g/mol. The van der Waals surface area contributed by atoms with Gasteiger partial charge < -0.3 is 4.74 Å². The summed E-state index contributed by atoms with van der Waals surface area (Å²) in [6, 6.07) is 0. The van der Waals surface area contributed by atoms with Crippen LogP contribution in [0.15, 0.2) is 0 Å². The molecule has 128 valence electrons. The number of hydrogen-bond donors (Lipinski definition) is 0. The molecule has 1 heterocycles. The fourth-order valence-electron chi connectivity index (χ4n) is 3.52. The molecule has 0 aromatic carbocycles. The molecule has 1 aliphatic rings. The van der Waals surface area contributed by atoms with Gasteiger partial charge in [0.1, 0.15) is 0 Å². The molecule has 0 N–H and O–H groups in total. The Kier molecular flexibility index (Phi) is 5.21. The van der Waals surface area contributed by atoms with Gasteiger partial charge in [0.15, 0.2) is 0 Å². The summed E-state index contributed by atoms with van der Waals surface area (Å²) in [4.78, 5) is 24.3. The Morgan fingerprint density at radius 1 is 0.909 bits per heavy atom. The second kappa shape index (κ2) is 5.98. The molecule has 1 fully saturated rings. The van der Waals surface area contributed by atoms with Crippen LogP contribution >= 0.6 is 0 Å². The highest BCUT2D eigenvalue weighted by Crippen LogP contribution is 2.46. The van der Waals surface area contributed by atoms with E-state index in [0.29, 0.717) is 5.92 Å². The molecule has 0 aliphatic carbocycles. The van der Waals surface area contributed by atoms with Crippen molar-refractivity contribution in [3.05, 3.63) is 0 Å². The van der Waals surface area contributed by atoms with Crippen LogP contribution in [0, 0.1) is 34.0 Å². The van der Waals surface area contributed by atoms with Crippen molar-refractivity contribution in [1.29, 1.82) is 0 Å². The van der Waals surface area contributed by atoms with Gasteiger partial charge in [0, 0.05) is 0 Å². The Balaban J connectivity index is 3.05. The summed E-state index contributed by atoms with van der Waals surface area (Å²) in [6.07, 6.45) is 1.76. The molecule has 22 heavy (non-hydrogen) atoms. The van der Waals surface area contributed by atoms with Crippen molar-refractivity contribution in [2.75, 3.05) is 0 Å². The van der Waals surface area contributed by atoms with E-state index in [1.807, 2.05) is 20.8 Å². The second-order valence-electron chi connectivity index (χ2n) is 10.3. The summed E-state index contributed by atoms with van der Waals surface area (Å²) in [6.45, 7) is 19.4. The van der Waals surface area contributed by atoms with Crippen LogP contribution in [0.1, 0.15) is 75.2 Å². The Labute approximate surface area is 136 Å². The Morgan fingerprint density at radius 2 is 1.41 bits per heavy atom. The molecule has 3 unspecified atom stereocenters. The van der Waals surface area contributed by atoms with E-state index in [2.05, 4.69) is 41.5 Å². The monoisotopic (exact) mass is 310 g/mol. The van der Waals surface area contributed by atoms with Gasteiger partial charge in [-0.25, -0.2) is 0 Å². The first-order valence-corrected chi connectivity index (χ1v) is 8.38. The van der Waals surface area contributed by atoms with Crippen molar-refractivity contribution in [3.8, 4) is 0 Å². The third-order valence-corrected chi connectivity index (χ3v) is 4.72. The van der Waals surface area contributed by atoms with E-state index in [9.17, 15) is 9.59 Å². The average Bonchev–Trinajstić information content (AvgIpc) is 2.48. The minimum absolute atomic E-state index is 0.0988. The molecule has 0 aromatic heterocycles. The maximum atomic E-state index is 12.2. The molecule has 0 saturated carbocycles. The molecule has 3 heteroatoms. The largest absolute Gasteiger partial charge is 0.393 e. The van der Waals surface area contributed by atoms with E-state index in [1.54, 1.807) is 0 Å². The topological polar surface area (TPSA) is 43.4 Å². The third-order valence-electron chi connectivity index (χ3n) is 4.72. The normalized spacial score (nSPS) is 25.3. The van der Waals surface area contributed by atoms with Gasteiger partial charge in [-0.15, -0.1) is 0 Å². The van der Waals surface area contributed by atoms with Crippen molar-refractivity contribution < 1.29 is 14.3 Å². The van der Waals surface area contributed by atoms with Crippen LogP contribution in [-0.2, 0) is 14.3 Å². The summed E-state index contributed by atoms with van der Waals surface area (Å²) in [7, 11) is 0. The van der Waals surface area contributed by atoms with Crippen LogP contribution in [-0.4, -0.2) is 11.9 Å². The molecule has 0 bridgehead atoms. The number of carbonyl (C=O) groups excluding carboxylic acids is 2. The summed E-state index contributed by atoms with van der Waals surface area (Å²) < 4.78 is 4.98. The lowest BCUT2D eigenvalue weighted by Crippen LogP contribution is -2.35. The Hall–Kier alpha value is -0.860. The van der Waals surface area contributed by atoms with E-state index in [0.717, 1.165) is 12.8 Å². The molecule has 3 nitrogen and oxygen atoms in total. The van der Waals surface area contributed by atoms with Gasteiger partial charge in [-0.3, -0.25) is 9.59 Å². The van der Waals surface area contributed by atoms with Gasteiger partial charge in [0.25, 0.3) is 0 Å². The molecule has 1 saturated heterocycles. The van der Waals surface area contributed by atoms with Gasteiger partial charge in [-0.1, -0.05) is 62.3 Å². The molecule has 0 amide bonds. The lowest BCUT2D eigenvalue weighted by atomic mass is 9.65. The summed E-state index contributed by atoms with van der Waals surface area (Å²) in [5.41, 5.74) is 0.0431. The predicted octanol–water partition coefficient (Wildman–Crippen LogP) is 4.84. The number of carbonyl (C=O) groups is 2. The molecular weight excluding hydrogens is 276 g/mol. The van der Waals surface area contributed by atoms with E-state index in [1.165, 1.54) is 0 Å². The molecular formula is C19H34O3. The third kappa shape index (κ3) is 4.82. The van der Waals surface area contributed by atoms with Crippen LogP contribution in [0.3, 0.4) is 0 Å². The van der Waals surface area contributed by atoms with Gasteiger partial charge in [0.05, 0.1) is 11.8 Å². The van der Waals surface area contributed by atoms with Gasteiger partial charge >= 0.3 is 11.9 Å². The smallest absolute Gasteiger partial charge is 0.318 e. The minimum Gasteiger partial charge on any atom is -0.393 e. The highest BCUT2D eigenvalue weighted by atomic mass is 16.6. The SMILES string of the molecule is CC(C)(C)CC(CC1C(=O)OC(=O)C1C(C)(C)C)C(C)(C)C. The van der Waals surface area contributed by atoms with Crippen LogP contribution in [0.4, 0.5) is 0 Å². The first-order valence-electron chi connectivity index (χ1n) is 8.38. The number of ether oxygens (including phenoxy) is 1. The van der Waals surface area contributed by atoms with E-state index < -0.39 is 0 Å². The number of rotatable bonds is 3. The molecule has 1 rings (SSSR count). The minimum atomic E-state index is -0.342. The number of hydrogen-bond acceptors (Lipinski definition) is 3. The first-order chi connectivity index (χ1) is 9.63. The lowest BCUT2D eigenvalue weighted by Gasteiger charge is -2.38. The zero-order valence-electron chi connectivity index (χ0n) is 15.9. The molecule has 0 spiro atoms. The van der Waals surface area contributed by atoms with Gasteiger partial charge in [-0.2, -0.15) is 0 Å². The van der Waals surface area contributed by atoms with Crippen LogP contribution in [0.25, 0.3) is 0 Å². The molecule has 3 atom stereocenters. The maximum absolute atomic E-state index is 12.2. The van der Waals surface area contributed by atoms with Gasteiger partial charge in [-0.05, 0) is 35.0 Å². The van der Waals surface area contributed by atoms with E-state index in [-0.39, 0.29) is 40.0 Å².